The van der Waals surface area contributed by atoms with Crippen molar-refractivity contribution in [2.75, 3.05) is 16.6 Å². The van der Waals surface area contributed by atoms with E-state index in [4.69, 9.17) is 10.5 Å². The van der Waals surface area contributed by atoms with Gasteiger partial charge in [0.1, 0.15) is 11.5 Å². The molecule has 0 aromatic rings. The second-order valence-electron chi connectivity index (χ2n) is 2.21. The Morgan fingerprint density at radius 2 is 1.15 bits per heavy atom. The number of nitrogens with zero attached hydrogens (tertiary/aromatic N) is 2. The van der Waals surface area contributed by atoms with Crippen molar-refractivity contribution in [3.63, 3.8) is 0 Å². The standard InChI is InChI=1S/C5H6N2O4S2/c6-1-3-12(8,9)5-13(10,11)4-2-7/h3-5H2. The molecule has 72 valence electrons. The molecule has 0 spiro atoms. The molecular weight excluding hydrogens is 216 g/mol. The van der Waals surface area contributed by atoms with E-state index in [1.54, 1.807) is 0 Å². The minimum Gasteiger partial charge on any atom is -0.227 e. The zero-order valence-electron chi connectivity index (χ0n) is 6.47. The van der Waals surface area contributed by atoms with Crippen molar-refractivity contribution in [2.24, 2.45) is 0 Å². The number of nitriles is 2. The van der Waals surface area contributed by atoms with E-state index in [2.05, 4.69) is 0 Å². The lowest BCUT2D eigenvalue weighted by Crippen LogP contribution is -2.20. The summed E-state index contributed by atoms with van der Waals surface area (Å²) in [5.41, 5.74) is 0. The van der Waals surface area contributed by atoms with Gasteiger partial charge < -0.3 is 0 Å². The van der Waals surface area contributed by atoms with Crippen LogP contribution in [-0.4, -0.2) is 33.4 Å². The molecule has 0 unspecified atom stereocenters. The zero-order chi connectivity index (χ0) is 10.5. The molecular formula is C5H6N2O4S2. The number of hydrogen-bond donors (Lipinski definition) is 0. The minimum atomic E-state index is -3.91. The van der Waals surface area contributed by atoms with E-state index < -0.39 is 36.3 Å². The summed E-state index contributed by atoms with van der Waals surface area (Å²) in [7, 11) is -7.82. The van der Waals surface area contributed by atoms with E-state index in [1.807, 2.05) is 0 Å². The van der Waals surface area contributed by atoms with Crippen LogP contribution in [0.4, 0.5) is 0 Å². The zero-order valence-corrected chi connectivity index (χ0v) is 8.10. The van der Waals surface area contributed by atoms with Gasteiger partial charge in [0.2, 0.25) is 0 Å². The highest BCUT2D eigenvalue weighted by Gasteiger charge is 2.21. The first-order valence-corrected chi connectivity index (χ1v) is 6.62. The van der Waals surface area contributed by atoms with Crippen LogP contribution in [0, 0.1) is 22.7 Å². The molecule has 0 aliphatic heterocycles. The average Bonchev–Trinajstić information content (AvgIpc) is 1.82. The molecule has 0 amide bonds. The largest absolute Gasteiger partial charge is 0.227 e. The van der Waals surface area contributed by atoms with Crippen molar-refractivity contribution in [2.45, 2.75) is 0 Å². The van der Waals surface area contributed by atoms with Crippen LogP contribution in [0.5, 0.6) is 0 Å². The molecule has 0 fully saturated rings. The Hall–Kier alpha value is -1.12. The van der Waals surface area contributed by atoms with Gasteiger partial charge in [0.25, 0.3) is 0 Å². The summed E-state index contributed by atoms with van der Waals surface area (Å²) in [5, 5.41) is 14.9. The van der Waals surface area contributed by atoms with Crippen molar-refractivity contribution < 1.29 is 16.8 Å². The molecule has 13 heavy (non-hydrogen) atoms. The van der Waals surface area contributed by atoms with Crippen LogP contribution in [0.1, 0.15) is 0 Å². The summed E-state index contributed by atoms with van der Waals surface area (Å²) in [5.74, 6) is -1.70. The second kappa shape index (κ2) is 4.21. The van der Waals surface area contributed by atoms with Crippen molar-refractivity contribution >= 4 is 19.7 Å². The van der Waals surface area contributed by atoms with Gasteiger partial charge in [-0.3, -0.25) is 0 Å². The fourth-order valence-electron chi connectivity index (χ4n) is 0.554. The highest BCUT2D eigenvalue weighted by atomic mass is 32.3. The van der Waals surface area contributed by atoms with Crippen LogP contribution in [0.15, 0.2) is 0 Å². The molecule has 6 nitrogen and oxygen atoms in total. The molecule has 8 heteroatoms. The maximum Gasteiger partial charge on any atom is 0.177 e. The molecule has 0 atom stereocenters. The quantitative estimate of drug-likeness (QED) is 0.591. The van der Waals surface area contributed by atoms with Gasteiger partial charge in [-0.1, -0.05) is 0 Å². The lowest BCUT2D eigenvalue weighted by atomic mass is 10.9. The Bertz CT molecular complexity index is 404. The van der Waals surface area contributed by atoms with Gasteiger partial charge >= 0.3 is 0 Å². The van der Waals surface area contributed by atoms with Gasteiger partial charge in [0, 0.05) is 0 Å². The first kappa shape index (κ1) is 11.9. The molecule has 0 radical (unpaired) electrons. The normalized spacial score (nSPS) is 11.5. The third kappa shape index (κ3) is 5.17. The van der Waals surface area contributed by atoms with Crippen LogP contribution < -0.4 is 0 Å². The third-order valence-electron chi connectivity index (χ3n) is 0.928. The molecule has 0 rings (SSSR count). The van der Waals surface area contributed by atoms with E-state index in [0.717, 1.165) is 0 Å². The van der Waals surface area contributed by atoms with Crippen molar-refractivity contribution in [3.8, 4) is 12.1 Å². The van der Waals surface area contributed by atoms with Crippen molar-refractivity contribution in [1.82, 2.24) is 0 Å². The summed E-state index contributed by atoms with van der Waals surface area (Å²) in [6.45, 7) is 0. The molecule has 0 aliphatic carbocycles. The number of rotatable bonds is 4. The van der Waals surface area contributed by atoms with E-state index >= 15 is 0 Å². The summed E-state index contributed by atoms with van der Waals surface area (Å²) >= 11 is 0. The SMILES string of the molecule is N#CCS(=O)(=O)CS(=O)(=O)CC#N. The molecule has 0 saturated carbocycles. The first-order chi connectivity index (χ1) is 5.83. The molecule has 0 saturated heterocycles. The first-order valence-electron chi connectivity index (χ1n) is 2.98. The lowest BCUT2D eigenvalue weighted by Gasteiger charge is -1.97. The van der Waals surface area contributed by atoms with Gasteiger partial charge in [-0.25, -0.2) is 16.8 Å². The van der Waals surface area contributed by atoms with Gasteiger partial charge in [-0.05, 0) is 0 Å². The Kier molecular flexibility index (Phi) is 3.85. The maximum atomic E-state index is 10.8. The highest BCUT2D eigenvalue weighted by Crippen LogP contribution is 1.98. The number of hydrogen-bond acceptors (Lipinski definition) is 6. The number of sulfone groups is 2. The second-order valence-corrected chi connectivity index (χ2v) is 6.70. The smallest absolute Gasteiger partial charge is 0.177 e. The van der Waals surface area contributed by atoms with Gasteiger partial charge in [-0.15, -0.1) is 0 Å². The van der Waals surface area contributed by atoms with Crippen LogP contribution in [-0.2, 0) is 19.7 Å². The van der Waals surface area contributed by atoms with Crippen molar-refractivity contribution in [3.05, 3.63) is 0 Å². The fourth-order valence-corrected chi connectivity index (χ4v) is 3.80. The fraction of sp³-hybridized carbons (Fsp3) is 0.600. The van der Waals surface area contributed by atoms with E-state index in [1.165, 1.54) is 12.1 Å². The Balaban J connectivity index is 4.68. The maximum absolute atomic E-state index is 10.8. The molecule has 0 N–H and O–H groups in total. The van der Waals surface area contributed by atoms with E-state index in [0.29, 0.717) is 0 Å². The van der Waals surface area contributed by atoms with Gasteiger partial charge in [0.05, 0.1) is 12.1 Å². The van der Waals surface area contributed by atoms with Crippen LogP contribution in [0.25, 0.3) is 0 Å². The Morgan fingerprint density at radius 1 is 0.846 bits per heavy atom. The summed E-state index contributed by atoms with van der Waals surface area (Å²) < 4.78 is 43.2. The summed E-state index contributed by atoms with van der Waals surface area (Å²) in [6.07, 6.45) is 0. The molecule has 0 aromatic heterocycles. The van der Waals surface area contributed by atoms with Crippen LogP contribution in [0.3, 0.4) is 0 Å². The predicted molar refractivity (Wildman–Crippen MR) is 43.7 cm³/mol. The monoisotopic (exact) mass is 222 g/mol. The van der Waals surface area contributed by atoms with Crippen molar-refractivity contribution in [1.29, 1.82) is 10.5 Å². The molecule has 0 aliphatic rings. The molecule has 0 bridgehead atoms. The van der Waals surface area contributed by atoms with E-state index in [9.17, 15) is 16.8 Å². The van der Waals surface area contributed by atoms with E-state index in [-0.39, 0.29) is 0 Å². The van der Waals surface area contributed by atoms with Gasteiger partial charge in [0.15, 0.2) is 24.8 Å². The third-order valence-corrected chi connectivity index (χ3v) is 4.94. The lowest BCUT2D eigenvalue weighted by molar-refractivity contribution is 0.592. The summed E-state index contributed by atoms with van der Waals surface area (Å²) in [6, 6.07) is 2.67. The van der Waals surface area contributed by atoms with Crippen LogP contribution in [0.2, 0.25) is 0 Å². The predicted octanol–water partition coefficient (Wildman–Crippen LogP) is -1.18. The topological polar surface area (TPSA) is 116 Å². The molecule has 0 heterocycles. The van der Waals surface area contributed by atoms with Crippen LogP contribution >= 0.6 is 0 Å². The van der Waals surface area contributed by atoms with Gasteiger partial charge in [-0.2, -0.15) is 10.5 Å². The Morgan fingerprint density at radius 3 is 1.38 bits per heavy atom. The molecule has 0 aromatic carbocycles. The average molecular weight is 222 g/mol. The minimum absolute atomic E-state index is 0.850. The highest BCUT2D eigenvalue weighted by molar-refractivity contribution is 8.08. The summed E-state index contributed by atoms with van der Waals surface area (Å²) in [4.78, 5) is 0. The Labute approximate surface area is 76.2 Å².